The van der Waals surface area contributed by atoms with E-state index < -0.39 is 30.9 Å². The van der Waals surface area contributed by atoms with Gasteiger partial charge in [-0.2, -0.15) is 5.10 Å². The van der Waals surface area contributed by atoms with Gasteiger partial charge in [0.1, 0.15) is 11.2 Å². The van der Waals surface area contributed by atoms with E-state index in [-0.39, 0.29) is 10.7 Å². The topological polar surface area (TPSA) is 108 Å². The van der Waals surface area contributed by atoms with E-state index in [0.29, 0.717) is 12.5 Å². The molecule has 0 saturated heterocycles. The predicted molar refractivity (Wildman–Crippen MR) is 73.8 cm³/mol. The fourth-order valence-corrected chi connectivity index (χ4v) is 1.96. The highest BCUT2D eigenvalue weighted by Gasteiger charge is 2.30. The number of halogens is 1. The van der Waals surface area contributed by atoms with E-state index in [9.17, 15) is 20.1 Å². The minimum Gasteiger partial charge on any atom is -0.394 e. The Balaban J connectivity index is 2.32. The number of aromatic nitrogens is 2. The number of nitrogens with zero attached hydrogens (tertiary/aromatic N) is 2. The highest BCUT2D eigenvalue weighted by Crippen LogP contribution is 2.30. The first-order chi connectivity index (χ1) is 9.55. The molecular weight excluding hydrogens is 286 g/mol. The third-order valence-electron chi connectivity index (χ3n) is 3.42. The van der Waals surface area contributed by atoms with Crippen LogP contribution >= 0.6 is 11.6 Å². The van der Waals surface area contributed by atoms with Gasteiger partial charge in [0.2, 0.25) is 0 Å². The monoisotopic (exact) mass is 303 g/mol. The summed E-state index contributed by atoms with van der Waals surface area (Å²) < 4.78 is 1.31. The predicted octanol–water partition coefficient (Wildman–Crippen LogP) is -0.566. The second-order valence-corrected chi connectivity index (χ2v) is 5.59. The smallest absolute Gasteiger partial charge is 0.291 e. The molecule has 0 aromatic carbocycles. The zero-order valence-corrected chi connectivity index (χ0v) is 11.7. The van der Waals surface area contributed by atoms with Gasteiger partial charge in [0, 0.05) is 6.54 Å². The van der Waals surface area contributed by atoms with E-state index in [1.54, 1.807) is 0 Å². The summed E-state index contributed by atoms with van der Waals surface area (Å²) in [6.45, 7) is -1.10. The second-order valence-electron chi connectivity index (χ2n) is 5.18. The van der Waals surface area contributed by atoms with Crippen LogP contribution in [0.1, 0.15) is 12.8 Å². The van der Waals surface area contributed by atoms with Crippen molar-refractivity contribution in [3.05, 3.63) is 21.6 Å². The van der Waals surface area contributed by atoms with Crippen molar-refractivity contribution in [2.45, 2.75) is 24.9 Å². The van der Waals surface area contributed by atoms with Crippen molar-refractivity contribution >= 4 is 17.3 Å². The van der Waals surface area contributed by atoms with Crippen LogP contribution in [0.25, 0.3) is 0 Å². The largest absolute Gasteiger partial charge is 0.394 e. The second kappa shape index (κ2) is 6.09. The van der Waals surface area contributed by atoms with E-state index in [0.717, 1.165) is 12.8 Å². The molecular formula is C12H18ClN3O4. The highest BCUT2D eigenvalue weighted by atomic mass is 35.5. The third-order valence-corrected chi connectivity index (χ3v) is 3.71. The lowest BCUT2D eigenvalue weighted by molar-refractivity contribution is 0.0832. The van der Waals surface area contributed by atoms with Crippen molar-refractivity contribution in [3.63, 3.8) is 0 Å². The SMILES string of the molecule is O=c1c(NC(CO)(CO)CO)c(Cl)cnn1CC1CC1. The lowest BCUT2D eigenvalue weighted by atomic mass is 10.0. The number of hydrogen-bond acceptors (Lipinski definition) is 6. The fraction of sp³-hybridized carbons (Fsp3) is 0.667. The average molecular weight is 304 g/mol. The molecule has 1 aliphatic carbocycles. The lowest BCUT2D eigenvalue weighted by Crippen LogP contribution is -2.50. The molecule has 0 amide bonds. The molecule has 2 rings (SSSR count). The molecule has 0 aliphatic heterocycles. The van der Waals surface area contributed by atoms with Gasteiger partial charge in [-0.05, 0) is 18.8 Å². The van der Waals surface area contributed by atoms with Gasteiger partial charge < -0.3 is 20.6 Å². The number of anilines is 1. The number of aliphatic hydroxyl groups is 3. The first-order valence-electron chi connectivity index (χ1n) is 6.41. The van der Waals surface area contributed by atoms with Gasteiger partial charge in [-0.3, -0.25) is 4.79 Å². The molecule has 1 saturated carbocycles. The molecule has 1 aromatic rings. The maximum Gasteiger partial charge on any atom is 0.291 e. The van der Waals surface area contributed by atoms with E-state index in [1.807, 2.05) is 0 Å². The summed E-state index contributed by atoms with van der Waals surface area (Å²) in [5.74, 6) is 0.465. The highest BCUT2D eigenvalue weighted by molar-refractivity contribution is 6.33. The molecule has 0 spiro atoms. The van der Waals surface area contributed by atoms with Crippen LogP contribution < -0.4 is 10.9 Å². The van der Waals surface area contributed by atoms with Crippen LogP contribution in [0.2, 0.25) is 5.02 Å². The number of nitrogens with one attached hydrogen (secondary N) is 1. The molecule has 0 bridgehead atoms. The Bertz CT molecular complexity index is 518. The number of rotatable bonds is 7. The van der Waals surface area contributed by atoms with Gasteiger partial charge in [0.05, 0.1) is 31.0 Å². The summed E-state index contributed by atoms with van der Waals surface area (Å²) >= 11 is 5.95. The lowest BCUT2D eigenvalue weighted by Gasteiger charge is -2.29. The molecule has 7 nitrogen and oxygen atoms in total. The first kappa shape index (κ1) is 15.2. The zero-order chi connectivity index (χ0) is 14.8. The summed E-state index contributed by atoms with van der Waals surface area (Å²) in [5.41, 5.74) is -1.80. The van der Waals surface area contributed by atoms with E-state index in [1.165, 1.54) is 10.9 Å². The van der Waals surface area contributed by atoms with Crippen LogP contribution in [0.15, 0.2) is 11.0 Å². The number of hydrogen-bond donors (Lipinski definition) is 4. The molecule has 1 aromatic heterocycles. The van der Waals surface area contributed by atoms with Gasteiger partial charge in [-0.15, -0.1) is 0 Å². The Hall–Kier alpha value is -1.15. The van der Waals surface area contributed by atoms with Crippen molar-refractivity contribution in [1.29, 1.82) is 0 Å². The number of aliphatic hydroxyl groups excluding tert-OH is 3. The standard InChI is InChI=1S/C12H18ClN3O4/c13-9-3-14-16(4-8-1-2-8)11(20)10(9)15-12(5-17,6-18)7-19/h3,8,15,17-19H,1-2,4-7H2. The molecule has 1 fully saturated rings. The van der Waals surface area contributed by atoms with E-state index in [2.05, 4.69) is 10.4 Å². The molecule has 0 unspecified atom stereocenters. The molecule has 4 N–H and O–H groups in total. The van der Waals surface area contributed by atoms with Crippen LogP contribution in [0, 0.1) is 5.92 Å². The van der Waals surface area contributed by atoms with Crippen molar-refractivity contribution in [2.24, 2.45) is 5.92 Å². The molecule has 1 aliphatic rings. The molecule has 112 valence electrons. The Morgan fingerprint density at radius 2 is 1.95 bits per heavy atom. The van der Waals surface area contributed by atoms with Crippen molar-refractivity contribution in [2.75, 3.05) is 25.1 Å². The Morgan fingerprint density at radius 1 is 1.35 bits per heavy atom. The van der Waals surface area contributed by atoms with Crippen molar-refractivity contribution in [3.8, 4) is 0 Å². The van der Waals surface area contributed by atoms with Gasteiger partial charge in [0.15, 0.2) is 0 Å². The van der Waals surface area contributed by atoms with Gasteiger partial charge in [-0.25, -0.2) is 4.68 Å². The Labute approximate surface area is 120 Å². The van der Waals surface area contributed by atoms with Crippen LogP contribution in [0.4, 0.5) is 5.69 Å². The molecule has 20 heavy (non-hydrogen) atoms. The molecule has 8 heteroatoms. The Kier molecular flexibility index (Phi) is 4.64. The molecule has 1 heterocycles. The summed E-state index contributed by atoms with van der Waals surface area (Å²) in [5, 5.41) is 34.6. The molecule has 0 atom stereocenters. The summed E-state index contributed by atoms with van der Waals surface area (Å²) in [4.78, 5) is 12.3. The fourth-order valence-electron chi connectivity index (χ4n) is 1.79. The average Bonchev–Trinajstić information content (AvgIpc) is 3.27. The van der Waals surface area contributed by atoms with Gasteiger partial charge in [-0.1, -0.05) is 11.6 Å². The minimum absolute atomic E-state index is 0.0273. The normalized spacial score (nSPS) is 15.4. The third kappa shape index (κ3) is 3.12. The van der Waals surface area contributed by atoms with Crippen LogP contribution in [-0.2, 0) is 6.54 Å². The first-order valence-corrected chi connectivity index (χ1v) is 6.79. The zero-order valence-electron chi connectivity index (χ0n) is 10.9. The van der Waals surface area contributed by atoms with Crippen LogP contribution in [0.3, 0.4) is 0 Å². The van der Waals surface area contributed by atoms with Crippen molar-refractivity contribution in [1.82, 2.24) is 9.78 Å². The maximum atomic E-state index is 12.3. The summed E-state index contributed by atoms with van der Waals surface area (Å²) in [6, 6.07) is 0. The summed E-state index contributed by atoms with van der Waals surface area (Å²) in [7, 11) is 0. The molecule has 0 radical (unpaired) electrons. The van der Waals surface area contributed by atoms with Crippen molar-refractivity contribution < 1.29 is 15.3 Å². The van der Waals surface area contributed by atoms with E-state index >= 15 is 0 Å². The quantitative estimate of drug-likeness (QED) is 0.537. The summed E-state index contributed by atoms with van der Waals surface area (Å²) in [6.07, 6.45) is 3.49. The minimum atomic E-state index is -1.40. The van der Waals surface area contributed by atoms with Crippen LogP contribution in [0.5, 0.6) is 0 Å². The van der Waals surface area contributed by atoms with Gasteiger partial charge in [0.25, 0.3) is 5.56 Å². The van der Waals surface area contributed by atoms with Gasteiger partial charge >= 0.3 is 0 Å². The Morgan fingerprint density at radius 3 is 2.45 bits per heavy atom. The maximum absolute atomic E-state index is 12.3. The van der Waals surface area contributed by atoms with Crippen LogP contribution in [-0.4, -0.2) is 50.5 Å². The van der Waals surface area contributed by atoms with E-state index in [4.69, 9.17) is 11.6 Å².